The first-order valence-corrected chi connectivity index (χ1v) is 4.74. The Kier molecular flexibility index (Phi) is 2.70. The number of para-hydroxylation sites is 1. The molecule has 0 amide bonds. The molecule has 1 aromatic carbocycles. The third kappa shape index (κ3) is 2.26. The zero-order chi connectivity index (χ0) is 9.80. The van der Waals surface area contributed by atoms with E-state index in [1.807, 2.05) is 36.4 Å². The van der Waals surface area contributed by atoms with Gasteiger partial charge in [-0.2, -0.15) is 0 Å². The molecule has 0 fully saturated rings. The smallest absolute Gasteiger partial charge is 0.196 e. The van der Waals surface area contributed by atoms with Crippen LogP contribution in [0, 0.1) is 0 Å². The lowest BCUT2D eigenvalue weighted by atomic mass is 10.3. The minimum Gasteiger partial charge on any atom is -0.342 e. The van der Waals surface area contributed by atoms with Crippen molar-refractivity contribution >= 4 is 23.5 Å². The maximum absolute atomic E-state index is 5.79. The minimum atomic E-state index is -0.383. The van der Waals surface area contributed by atoms with Crippen LogP contribution in [0.1, 0.15) is 0 Å². The highest BCUT2D eigenvalue weighted by atomic mass is 35.5. The summed E-state index contributed by atoms with van der Waals surface area (Å²) in [6.07, 6.45) is 3.52. The highest BCUT2D eigenvalue weighted by Crippen LogP contribution is 2.10. The van der Waals surface area contributed by atoms with Crippen LogP contribution in [0.2, 0.25) is 0 Å². The van der Waals surface area contributed by atoms with E-state index in [-0.39, 0.29) is 5.62 Å². The molecule has 0 bridgehead atoms. The largest absolute Gasteiger partial charge is 0.342 e. The number of hydrogen-bond donors (Lipinski definition) is 2. The summed E-state index contributed by atoms with van der Waals surface area (Å²) in [4.78, 5) is 3.93. The number of aliphatic imine (C=N–C) groups is 1. The summed E-state index contributed by atoms with van der Waals surface area (Å²) < 4.78 is 0. The Morgan fingerprint density at radius 2 is 2.07 bits per heavy atom. The van der Waals surface area contributed by atoms with Gasteiger partial charge in [-0.15, -0.1) is 0 Å². The first-order chi connectivity index (χ1) is 6.84. The van der Waals surface area contributed by atoms with E-state index in [2.05, 4.69) is 15.6 Å². The zero-order valence-corrected chi connectivity index (χ0v) is 8.20. The summed E-state index contributed by atoms with van der Waals surface area (Å²) in [6, 6.07) is 9.88. The van der Waals surface area contributed by atoms with Crippen molar-refractivity contribution in [3.8, 4) is 0 Å². The maximum Gasteiger partial charge on any atom is 0.196 e. The van der Waals surface area contributed by atoms with Crippen molar-refractivity contribution in [1.82, 2.24) is 5.32 Å². The fraction of sp³-hybridized carbons (Fsp3) is 0.100. The Morgan fingerprint density at radius 3 is 2.79 bits per heavy atom. The van der Waals surface area contributed by atoms with Crippen molar-refractivity contribution in [2.24, 2.45) is 4.99 Å². The number of rotatable bonds is 2. The summed E-state index contributed by atoms with van der Waals surface area (Å²) in [7, 11) is 0. The van der Waals surface area contributed by atoms with Crippen LogP contribution in [0.3, 0.4) is 0 Å². The van der Waals surface area contributed by atoms with E-state index in [9.17, 15) is 0 Å². The van der Waals surface area contributed by atoms with E-state index in [0.717, 1.165) is 11.5 Å². The number of alkyl halides is 1. The van der Waals surface area contributed by atoms with E-state index in [4.69, 9.17) is 11.6 Å². The van der Waals surface area contributed by atoms with Crippen LogP contribution in [-0.2, 0) is 0 Å². The van der Waals surface area contributed by atoms with Crippen molar-refractivity contribution in [3.63, 3.8) is 0 Å². The number of nitrogens with one attached hydrogen (secondary N) is 2. The van der Waals surface area contributed by atoms with Crippen LogP contribution in [-0.4, -0.2) is 11.8 Å². The van der Waals surface area contributed by atoms with Gasteiger partial charge in [0.2, 0.25) is 0 Å². The third-order valence-electron chi connectivity index (χ3n) is 1.79. The molecule has 14 heavy (non-hydrogen) atoms. The number of nitrogens with zero attached hydrogens (tertiary/aromatic N) is 1. The van der Waals surface area contributed by atoms with Crippen LogP contribution in [0.4, 0.5) is 5.69 Å². The molecule has 1 atom stereocenters. The summed E-state index contributed by atoms with van der Waals surface area (Å²) in [5.74, 6) is 0.853. The molecule has 1 aromatic rings. The maximum atomic E-state index is 5.79. The van der Waals surface area contributed by atoms with Gasteiger partial charge < -0.3 is 10.6 Å². The molecule has 1 heterocycles. The summed E-state index contributed by atoms with van der Waals surface area (Å²) in [5, 5.41) is 6.17. The molecule has 0 saturated carbocycles. The molecule has 1 aliphatic heterocycles. The molecule has 0 aliphatic carbocycles. The first kappa shape index (κ1) is 9.09. The van der Waals surface area contributed by atoms with Crippen LogP contribution < -0.4 is 10.6 Å². The lowest BCUT2D eigenvalue weighted by Crippen LogP contribution is -2.28. The second-order valence-electron chi connectivity index (χ2n) is 2.85. The molecule has 1 aliphatic rings. The normalized spacial score (nSPS) is 19.8. The highest BCUT2D eigenvalue weighted by Gasteiger charge is 2.06. The predicted octanol–water partition coefficient (Wildman–Crippen LogP) is 2.14. The standard InChI is InChI=1S/C10H10ClN3/c11-10-12-7-6-9(14-10)13-8-4-2-1-3-5-8/h1-7,10,13-14H. The zero-order valence-electron chi connectivity index (χ0n) is 7.44. The van der Waals surface area contributed by atoms with Gasteiger partial charge in [0.15, 0.2) is 5.62 Å². The minimum absolute atomic E-state index is 0.383. The first-order valence-electron chi connectivity index (χ1n) is 4.31. The van der Waals surface area contributed by atoms with Crippen LogP contribution in [0.25, 0.3) is 0 Å². The van der Waals surface area contributed by atoms with Crippen molar-refractivity contribution in [2.75, 3.05) is 5.32 Å². The van der Waals surface area contributed by atoms with Gasteiger partial charge in [-0.1, -0.05) is 29.8 Å². The van der Waals surface area contributed by atoms with E-state index >= 15 is 0 Å². The second kappa shape index (κ2) is 4.15. The molecule has 0 saturated heterocycles. The molecule has 4 heteroatoms. The molecule has 0 spiro atoms. The Balaban J connectivity index is 2.05. The van der Waals surface area contributed by atoms with E-state index in [1.54, 1.807) is 6.21 Å². The van der Waals surface area contributed by atoms with Crippen LogP contribution in [0.5, 0.6) is 0 Å². The highest BCUT2D eigenvalue weighted by molar-refractivity contribution is 6.20. The topological polar surface area (TPSA) is 36.4 Å². The average molecular weight is 208 g/mol. The number of halogens is 1. The van der Waals surface area contributed by atoms with Crippen molar-refractivity contribution in [1.29, 1.82) is 0 Å². The third-order valence-corrected chi connectivity index (χ3v) is 2.01. The molecule has 2 rings (SSSR count). The monoisotopic (exact) mass is 207 g/mol. The number of anilines is 1. The SMILES string of the molecule is ClC1N=CC=C(Nc2ccccc2)N1. The molecular formula is C10H10ClN3. The fourth-order valence-corrected chi connectivity index (χ4v) is 1.34. The molecule has 72 valence electrons. The molecular weight excluding hydrogens is 198 g/mol. The fourth-order valence-electron chi connectivity index (χ4n) is 1.16. The van der Waals surface area contributed by atoms with Crippen molar-refractivity contribution in [2.45, 2.75) is 5.62 Å². The molecule has 0 radical (unpaired) electrons. The van der Waals surface area contributed by atoms with Gasteiger partial charge in [0.1, 0.15) is 5.82 Å². The van der Waals surface area contributed by atoms with Gasteiger partial charge >= 0.3 is 0 Å². The second-order valence-corrected chi connectivity index (χ2v) is 3.26. The Hall–Kier alpha value is -1.48. The van der Waals surface area contributed by atoms with Gasteiger partial charge in [0.05, 0.1) is 0 Å². The molecule has 2 N–H and O–H groups in total. The quantitative estimate of drug-likeness (QED) is 0.576. The Morgan fingerprint density at radius 1 is 1.29 bits per heavy atom. The van der Waals surface area contributed by atoms with Crippen molar-refractivity contribution < 1.29 is 0 Å². The Labute approximate surface area is 87.5 Å². The van der Waals surface area contributed by atoms with E-state index < -0.39 is 0 Å². The lowest BCUT2D eigenvalue weighted by molar-refractivity contribution is 0.762. The Bertz CT molecular complexity index is 359. The van der Waals surface area contributed by atoms with Gasteiger partial charge in [-0.3, -0.25) is 4.99 Å². The molecule has 3 nitrogen and oxygen atoms in total. The van der Waals surface area contributed by atoms with E-state index in [1.165, 1.54) is 0 Å². The van der Waals surface area contributed by atoms with Gasteiger partial charge in [0, 0.05) is 11.9 Å². The van der Waals surface area contributed by atoms with Crippen LogP contribution >= 0.6 is 11.6 Å². The van der Waals surface area contributed by atoms with E-state index in [0.29, 0.717) is 0 Å². The van der Waals surface area contributed by atoms with Gasteiger partial charge in [0.25, 0.3) is 0 Å². The number of allylic oxidation sites excluding steroid dienone is 1. The summed E-state index contributed by atoms with van der Waals surface area (Å²) >= 11 is 5.79. The van der Waals surface area contributed by atoms with Gasteiger partial charge in [-0.25, -0.2) is 0 Å². The van der Waals surface area contributed by atoms with Crippen LogP contribution in [0.15, 0.2) is 47.2 Å². The van der Waals surface area contributed by atoms with Crippen molar-refractivity contribution in [3.05, 3.63) is 42.2 Å². The summed E-state index contributed by atoms with van der Waals surface area (Å²) in [6.45, 7) is 0. The summed E-state index contributed by atoms with van der Waals surface area (Å²) in [5.41, 5.74) is 0.636. The average Bonchev–Trinajstić information content (AvgIpc) is 2.19. The lowest BCUT2D eigenvalue weighted by Gasteiger charge is -2.17. The predicted molar refractivity (Wildman–Crippen MR) is 59.4 cm³/mol. The van der Waals surface area contributed by atoms with Gasteiger partial charge in [-0.05, 0) is 18.2 Å². The number of hydrogen-bond acceptors (Lipinski definition) is 3. The number of benzene rings is 1. The molecule has 0 aromatic heterocycles. The molecule has 1 unspecified atom stereocenters.